The minimum atomic E-state index is 0.0736. The van der Waals surface area contributed by atoms with Gasteiger partial charge in [-0.25, -0.2) is 5.90 Å². The Morgan fingerprint density at radius 2 is 1.81 bits per heavy atom. The highest BCUT2D eigenvalue weighted by Crippen LogP contribution is 2.38. The number of aromatic hydroxyl groups is 1. The molecule has 3 rings (SSSR count). The van der Waals surface area contributed by atoms with Gasteiger partial charge in [-0.15, -0.1) is 0 Å². The fourth-order valence-corrected chi connectivity index (χ4v) is 1.93. The molecule has 2 aromatic heterocycles. The van der Waals surface area contributed by atoms with Crippen molar-refractivity contribution in [1.82, 2.24) is 0 Å². The topological polar surface area (TPSA) is 81.8 Å². The first-order valence-corrected chi connectivity index (χ1v) is 4.73. The lowest BCUT2D eigenvalue weighted by Gasteiger charge is -2.04. The van der Waals surface area contributed by atoms with Crippen LogP contribution in [0, 0.1) is 0 Å². The molecule has 0 aliphatic carbocycles. The first-order chi connectivity index (χ1) is 7.83. The van der Waals surface area contributed by atoms with Gasteiger partial charge >= 0.3 is 0 Å². The number of rotatable bonds is 2. The van der Waals surface area contributed by atoms with E-state index in [2.05, 4.69) is 4.84 Å². The molecule has 0 spiro atoms. The molecule has 3 N–H and O–H groups in total. The van der Waals surface area contributed by atoms with E-state index in [1.807, 2.05) is 0 Å². The fraction of sp³-hybridized carbons (Fsp3) is 0.0909. The molecule has 5 heteroatoms. The molecule has 3 aromatic rings. The largest absolute Gasteiger partial charge is 0.504 e. The highest BCUT2D eigenvalue weighted by Gasteiger charge is 2.17. The van der Waals surface area contributed by atoms with Gasteiger partial charge in [0.1, 0.15) is 5.58 Å². The van der Waals surface area contributed by atoms with Crippen molar-refractivity contribution in [1.29, 1.82) is 0 Å². The predicted octanol–water partition coefficient (Wildman–Crippen LogP) is 2.27. The third-order valence-corrected chi connectivity index (χ3v) is 2.63. The van der Waals surface area contributed by atoms with E-state index in [4.69, 9.17) is 14.7 Å². The maximum absolute atomic E-state index is 9.95. The van der Waals surface area contributed by atoms with Crippen molar-refractivity contribution < 1.29 is 18.8 Å². The highest BCUT2D eigenvalue weighted by atomic mass is 16.6. The minimum absolute atomic E-state index is 0.0736. The lowest BCUT2D eigenvalue weighted by molar-refractivity contribution is 0.125. The Kier molecular flexibility index (Phi) is 1.89. The van der Waals surface area contributed by atoms with Crippen molar-refractivity contribution in [2.45, 2.75) is 6.61 Å². The van der Waals surface area contributed by atoms with Gasteiger partial charge in [-0.05, 0) is 12.1 Å². The number of phenolic OH excluding ortho intramolecular Hbond substituents is 1. The summed E-state index contributed by atoms with van der Waals surface area (Å²) < 4.78 is 10.5. The van der Waals surface area contributed by atoms with Crippen LogP contribution in [-0.2, 0) is 11.4 Å². The van der Waals surface area contributed by atoms with Gasteiger partial charge in [0.15, 0.2) is 11.3 Å². The zero-order valence-electron chi connectivity index (χ0n) is 8.27. The molecule has 0 fully saturated rings. The van der Waals surface area contributed by atoms with Crippen LogP contribution in [0.15, 0.2) is 33.5 Å². The number of nitrogens with two attached hydrogens (primary N) is 1. The van der Waals surface area contributed by atoms with Gasteiger partial charge in [0, 0.05) is 10.9 Å². The van der Waals surface area contributed by atoms with Crippen LogP contribution >= 0.6 is 0 Å². The second kappa shape index (κ2) is 3.26. The number of furan rings is 2. The van der Waals surface area contributed by atoms with Crippen molar-refractivity contribution in [3.05, 3.63) is 30.2 Å². The Labute approximate surface area is 90.0 Å². The smallest absolute Gasteiger partial charge is 0.176 e. The van der Waals surface area contributed by atoms with Gasteiger partial charge in [0.25, 0.3) is 0 Å². The summed E-state index contributed by atoms with van der Waals surface area (Å²) in [5.41, 5.74) is 1.75. The Hall–Kier alpha value is -1.98. The van der Waals surface area contributed by atoms with E-state index in [9.17, 15) is 5.11 Å². The van der Waals surface area contributed by atoms with E-state index in [0.29, 0.717) is 16.6 Å². The van der Waals surface area contributed by atoms with E-state index in [1.165, 1.54) is 12.5 Å². The lowest BCUT2D eigenvalue weighted by atomic mass is 10.1. The summed E-state index contributed by atoms with van der Waals surface area (Å²) in [4.78, 5) is 4.64. The normalized spacial score (nSPS) is 11.6. The van der Waals surface area contributed by atoms with E-state index < -0.39 is 0 Å². The van der Waals surface area contributed by atoms with E-state index in [0.717, 1.165) is 10.9 Å². The molecule has 0 saturated carbocycles. The van der Waals surface area contributed by atoms with Crippen LogP contribution in [0.25, 0.3) is 21.9 Å². The molecule has 0 aliphatic heterocycles. The Morgan fingerprint density at radius 3 is 2.56 bits per heavy atom. The molecule has 0 aliphatic rings. The van der Waals surface area contributed by atoms with Crippen molar-refractivity contribution >= 4 is 21.9 Å². The van der Waals surface area contributed by atoms with E-state index in [1.54, 1.807) is 12.1 Å². The zero-order valence-corrected chi connectivity index (χ0v) is 8.27. The third-order valence-electron chi connectivity index (χ3n) is 2.63. The van der Waals surface area contributed by atoms with Crippen molar-refractivity contribution in [3.63, 3.8) is 0 Å². The second-order valence-electron chi connectivity index (χ2n) is 3.46. The number of fused-ring (bicyclic) bond motifs is 2. The van der Waals surface area contributed by atoms with Crippen molar-refractivity contribution in [2.24, 2.45) is 5.90 Å². The molecule has 5 nitrogen and oxygen atoms in total. The molecular weight excluding hydrogens is 210 g/mol. The number of phenols is 1. The van der Waals surface area contributed by atoms with Gasteiger partial charge in [-0.3, -0.25) is 4.84 Å². The molecule has 1 aromatic carbocycles. The third kappa shape index (κ3) is 1.07. The molecule has 0 amide bonds. The van der Waals surface area contributed by atoms with Crippen LogP contribution in [0.4, 0.5) is 0 Å². The van der Waals surface area contributed by atoms with Crippen LogP contribution in [0.2, 0.25) is 0 Å². The average molecular weight is 219 g/mol. The Morgan fingerprint density at radius 1 is 1.12 bits per heavy atom. The molecule has 2 heterocycles. The molecule has 16 heavy (non-hydrogen) atoms. The average Bonchev–Trinajstić information content (AvgIpc) is 2.92. The Bertz CT molecular complexity index is 601. The molecule has 0 bridgehead atoms. The predicted molar refractivity (Wildman–Crippen MR) is 56.6 cm³/mol. The van der Waals surface area contributed by atoms with Crippen LogP contribution in [0.5, 0.6) is 5.75 Å². The summed E-state index contributed by atoms with van der Waals surface area (Å²) in [6.45, 7) is 0.195. The first-order valence-electron chi connectivity index (χ1n) is 4.73. The van der Waals surface area contributed by atoms with Crippen molar-refractivity contribution in [2.75, 3.05) is 0 Å². The van der Waals surface area contributed by atoms with Crippen LogP contribution < -0.4 is 5.90 Å². The monoisotopic (exact) mass is 219 g/mol. The Balaban J connectivity index is 2.51. The SMILES string of the molecule is NOCc1c2ccoc2c(O)c2ccoc12. The van der Waals surface area contributed by atoms with E-state index >= 15 is 0 Å². The number of hydrogen-bond acceptors (Lipinski definition) is 5. The molecule has 0 radical (unpaired) electrons. The van der Waals surface area contributed by atoms with Gasteiger partial charge < -0.3 is 13.9 Å². The van der Waals surface area contributed by atoms with Gasteiger partial charge in [0.05, 0.1) is 24.5 Å². The zero-order chi connectivity index (χ0) is 11.1. The molecule has 0 unspecified atom stereocenters. The lowest BCUT2D eigenvalue weighted by Crippen LogP contribution is -1.99. The van der Waals surface area contributed by atoms with Gasteiger partial charge in [0.2, 0.25) is 0 Å². The van der Waals surface area contributed by atoms with Crippen LogP contribution in [0.1, 0.15) is 5.56 Å². The summed E-state index contributed by atoms with van der Waals surface area (Å²) in [5, 5.41) is 11.3. The summed E-state index contributed by atoms with van der Waals surface area (Å²) in [7, 11) is 0. The first kappa shape index (κ1) is 9.26. The molecule has 0 saturated heterocycles. The standard InChI is InChI=1S/C11H9NO4/c12-16-5-8-6-1-3-15-11(6)9(13)7-2-4-14-10(7)8/h1-4,13H,5,12H2. The number of hydrogen-bond donors (Lipinski definition) is 2. The highest BCUT2D eigenvalue weighted by molar-refractivity contribution is 6.03. The number of benzene rings is 1. The van der Waals surface area contributed by atoms with Crippen molar-refractivity contribution in [3.8, 4) is 5.75 Å². The second-order valence-corrected chi connectivity index (χ2v) is 3.46. The molecule has 82 valence electrons. The maximum atomic E-state index is 9.95. The minimum Gasteiger partial charge on any atom is -0.504 e. The van der Waals surface area contributed by atoms with Crippen LogP contribution in [-0.4, -0.2) is 5.11 Å². The fourth-order valence-electron chi connectivity index (χ4n) is 1.93. The summed E-state index contributed by atoms with van der Waals surface area (Å²) >= 11 is 0. The summed E-state index contributed by atoms with van der Waals surface area (Å²) in [6.07, 6.45) is 3.01. The van der Waals surface area contributed by atoms with Gasteiger partial charge in [-0.2, -0.15) is 0 Å². The quantitative estimate of drug-likeness (QED) is 0.646. The maximum Gasteiger partial charge on any atom is 0.176 e. The van der Waals surface area contributed by atoms with Gasteiger partial charge in [-0.1, -0.05) is 0 Å². The summed E-state index contributed by atoms with van der Waals surface area (Å²) in [6, 6.07) is 3.41. The van der Waals surface area contributed by atoms with Crippen LogP contribution in [0.3, 0.4) is 0 Å². The molecular formula is C11H9NO4. The molecule has 0 atom stereocenters. The van der Waals surface area contributed by atoms with E-state index in [-0.39, 0.29) is 12.4 Å². The summed E-state index contributed by atoms with van der Waals surface area (Å²) in [5.74, 6) is 5.16.